The molecule has 0 bridgehead atoms. The molecule has 1 aromatic heterocycles. The summed E-state index contributed by atoms with van der Waals surface area (Å²) in [6.07, 6.45) is 0.796. The summed E-state index contributed by atoms with van der Waals surface area (Å²) in [5, 5.41) is 14.7. The number of hydrogen-bond acceptors (Lipinski definition) is 4. The van der Waals surface area contributed by atoms with Crippen LogP contribution in [-0.2, 0) is 12.1 Å². The predicted octanol–water partition coefficient (Wildman–Crippen LogP) is 2.56. The molecule has 1 N–H and O–H groups in total. The first-order valence-electron chi connectivity index (χ1n) is 7.36. The van der Waals surface area contributed by atoms with Gasteiger partial charge in [-0.05, 0) is 50.6 Å². The Balaban J connectivity index is 2.59. The standard InChI is InChI=1S/C17H22N2O3/c1-5-10-19-16(20)14(17(2,3)21)11-15(18-19)12-6-8-13(22-4)9-7-12/h6-9,11,21H,5,10H2,1-4H3. The van der Waals surface area contributed by atoms with Gasteiger partial charge in [-0.25, -0.2) is 4.68 Å². The van der Waals surface area contributed by atoms with Crippen LogP contribution in [0.3, 0.4) is 0 Å². The number of nitrogens with zero attached hydrogens (tertiary/aromatic N) is 2. The van der Waals surface area contributed by atoms with Crippen LogP contribution in [-0.4, -0.2) is 22.0 Å². The Kier molecular flexibility index (Phi) is 4.66. The number of aryl methyl sites for hydroxylation is 1. The minimum absolute atomic E-state index is 0.244. The van der Waals surface area contributed by atoms with Crippen molar-refractivity contribution in [2.75, 3.05) is 7.11 Å². The van der Waals surface area contributed by atoms with Crippen LogP contribution in [0.2, 0.25) is 0 Å². The Bertz CT molecular complexity index is 697. The summed E-state index contributed by atoms with van der Waals surface area (Å²) in [7, 11) is 1.61. The minimum atomic E-state index is -1.21. The van der Waals surface area contributed by atoms with Gasteiger partial charge in [0.25, 0.3) is 5.56 Å². The lowest BCUT2D eigenvalue weighted by Gasteiger charge is -2.19. The average molecular weight is 302 g/mol. The number of hydrogen-bond donors (Lipinski definition) is 1. The molecular weight excluding hydrogens is 280 g/mol. The van der Waals surface area contributed by atoms with E-state index in [9.17, 15) is 9.90 Å². The number of methoxy groups -OCH3 is 1. The molecule has 0 spiro atoms. The van der Waals surface area contributed by atoms with Crippen molar-refractivity contribution in [3.63, 3.8) is 0 Å². The van der Waals surface area contributed by atoms with Crippen LogP contribution >= 0.6 is 0 Å². The second-order valence-corrected chi connectivity index (χ2v) is 5.76. The zero-order valence-corrected chi connectivity index (χ0v) is 13.5. The maximum atomic E-state index is 12.4. The zero-order valence-electron chi connectivity index (χ0n) is 13.5. The Morgan fingerprint density at radius 1 is 1.27 bits per heavy atom. The van der Waals surface area contributed by atoms with E-state index in [4.69, 9.17) is 4.74 Å². The van der Waals surface area contributed by atoms with Crippen molar-refractivity contribution in [2.24, 2.45) is 0 Å². The largest absolute Gasteiger partial charge is 0.497 e. The first-order valence-corrected chi connectivity index (χ1v) is 7.36. The summed E-state index contributed by atoms with van der Waals surface area (Å²) in [4.78, 5) is 12.4. The highest BCUT2D eigenvalue weighted by Crippen LogP contribution is 2.24. The van der Waals surface area contributed by atoms with E-state index in [1.807, 2.05) is 31.2 Å². The summed E-state index contributed by atoms with van der Waals surface area (Å²) in [5.41, 5.74) is 0.425. The molecule has 0 aliphatic heterocycles. The van der Waals surface area contributed by atoms with Crippen LogP contribution in [0.25, 0.3) is 11.3 Å². The molecule has 0 unspecified atom stereocenters. The molecule has 1 aromatic carbocycles. The van der Waals surface area contributed by atoms with Crippen molar-refractivity contribution in [3.8, 4) is 17.0 Å². The third kappa shape index (κ3) is 3.36. The summed E-state index contributed by atoms with van der Waals surface area (Å²) >= 11 is 0. The van der Waals surface area contributed by atoms with Gasteiger partial charge < -0.3 is 9.84 Å². The summed E-state index contributed by atoms with van der Waals surface area (Å²) in [6, 6.07) is 9.12. The maximum Gasteiger partial charge on any atom is 0.272 e. The zero-order chi connectivity index (χ0) is 16.3. The van der Waals surface area contributed by atoms with Crippen molar-refractivity contribution in [1.82, 2.24) is 9.78 Å². The van der Waals surface area contributed by atoms with E-state index in [1.54, 1.807) is 27.0 Å². The maximum absolute atomic E-state index is 12.4. The minimum Gasteiger partial charge on any atom is -0.497 e. The predicted molar refractivity (Wildman–Crippen MR) is 86.0 cm³/mol. The molecule has 0 fully saturated rings. The molecular formula is C17H22N2O3. The highest BCUT2D eigenvalue weighted by molar-refractivity contribution is 5.60. The number of benzene rings is 1. The van der Waals surface area contributed by atoms with E-state index in [0.29, 0.717) is 17.8 Å². The monoisotopic (exact) mass is 302 g/mol. The fraction of sp³-hybridized carbons (Fsp3) is 0.412. The smallest absolute Gasteiger partial charge is 0.272 e. The van der Waals surface area contributed by atoms with Gasteiger partial charge in [-0.3, -0.25) is 4.79 Å². The van der Waals surface area contributed by atoms with Gasteiger partial charge in [0.15, 0.2) is 0 Å². The molecule has 2 rings (SSSR count). The first-order chi connectivity index (χ1) is 10.4. The lowest BCUT2D eigenvalue weighted by molar-refractivity contribution is 0.0761. The van der Waals surface area contributed by atoms with Crippen LogP contribution < -0.4 is 10.3 Å². The van der Waals surface area contributed by atoms with Crippen molar-refractivity contribution < 1.29 is 9.84 Å². The van der Waals surface area contributed by atoms with Crippen molar-refractivity contribution in [2.45, 2.75) is 39.3 Å². The molecule has 0 aliphatic rings. The number of aromatic nitrogens is 2. The number of ether oxygens (including phenoxy) is 1. The molecule has 22 heavy (non-hydrogen) atoms. The summed E-state index contributed by atoms with van der Waals surface area (Å²) < 4.78 is 6.57. The van der Waals surface area contributed by atoms with E-state index in [-0.39, 0.29) is 5.56 Å². The molecule has 118 valence electrons. The van der Waals surface area contributed by atoms with E-state index in [2.05, 4.69) is 5.10 Å². The molecule has 5 nitrogen and oxygen atoms in total. The molecule has 0 radical (unpaired) electrons. The van der Waals surface area contributed by atoms with Crippen LogP contribution in [0.4, 0.5) is 0 Å². The highest BCUT2D eigenvalue weighted by Gasteiger charge is 2.23. The van der Waals surface area contributed by atoms with Crippen LogP contribution in [0, 0.1) is 0 Å². The molecule has 0 atom stereocenters. The van der Waals surface area contributed by atoms with Crippen LogP contribution in [0.5, 0.6) is 5.75 Å². The first kappa shape index (κ1) is 16.2. The molecule has 5 heteroatoms. The van der Waals surface area contributed by atoms with Crippen LogP contribution in [0.15, 0.2) is 35.1 Å². The summed E-state index contributed by atoms with van der Waals surface area (Å²) in [6.45, 7) is 5.72. The van der Waals surface area contributed by atoms with Crippen LogP contribution in [0.1, 0.15) is 32.8 Å². The van der Waals surface area contributed by atoms with Gasteiger partial charge in [-0.1, -0.05) is 6.92 Å². The van der Waals surface area contributed by atoms with Gasteiger partial charge in [0, 0.05) is 12.1 Å². The van der Waals surface area contributed by atoms with Gasteiger partial charge in [0.2, 0.25) is 0 Å². The second-order valence-electron chi connectivity index (χ2n) is 5.76. The molecule has 0 amide bonds. The van der Waals surface area contributed by atoms with E-state index in [1.165, 1.54) is 4.68 Å². The van der Waals surface area contributed by atoms with Gasteiger partial charge >= 0.3 is 0 Å². The topological polar surface area (TPSA) is 64.3 Å². The fourth-order valence-corrected chi connectivity index (χ4v) is 2.25. The van der Waals surface area contributed by atoms with Crippen molar-refractivity contribution in [3.05, 3.63) is 46.2 Å². The number of aliphatic hydroxyl groups is 1. The van der Waals surface area contributed by atoms with E-state index in [0.717, 1.165) is 17.7 Å². The summed E-state index contributed by atoms with van der Waals surface area (Å²) in [5.74, 6) is 0.758. The molecule has 0 saturated carbocycles. The van der Waals surface area contributed by atoms with Gasteiger partial charge in [-0.15, -0.1) is 0 Å². The lowest BCUT2D eigenvalue weighted by atomic mass is 9.98. The quantitative estimate of drug-likeness (QED) is 0.922. The van der Waals surface area contributed by atoms with E-state index < -0.39 is 5.60 Å². The SMILES string of the molecule is CCCn1nc(-c2ccc(OC)cc2)cc(C(C)(C)O)c1=O. The molecule has 0 saturated heterocycles. The molecule has 1 heterocycles. The second kappa shape index (κ2) is 6.32. The van der Waals surface area contributed by atoms with Crippen molar-refractivity contribution >= 4 is 0 Å². The average Bonchev–Trinajstić information content (AvgIpc) is 2.48. The molecule has 2 aromatic rings. The van der Waals surface area contributed by atoms with Gasteiger partial charge in [-0.2, -0.15) is 5.10 Å². The third-order valence-electron chi connectivity index (χ3n) is 3.45. The highest BCUT2D eigenvalue weighted by atomic mass is 16.5. The Morgan fingerprint density at radius 2 is 1.91 bits per heavy atom. The lowest BCUT2D eigenvalue weighted by Crippen LogP contribution is -2.33. The van der Waals surface area contributed by atoms with Gasteiger partial charge in [0.1, 0.15) is 5.75 Å². The molecule has 0 aliphatic carbocycles. The van der Waals surface area contributed by atoms with E-state index >= 15 is 0 Å². The van der Waals surface area contributed by atoms with Gasteiger partial charge in [0.05, 0.1) is 24.0 Å². The Labute approximate surface area is 130 Å². The Morgan fingerprint density at radius 3 is 2.41 bits per heavy atom. The fourth-order valence-electron chi connectivity index (χ4n) is 2.25. The van der Waals surface area contributed by atoms with Crippen molar-refractivity contribution in [1.29, 1.82) is 0 Å². The third-order valence-corrected chi connectivity index (χ3v) is 3.45. The normalized spacial score (nSPS) is 11.5. The Hall–Kier alpha value is -2.14. The number of rotatable bonds is 5.